The monoisotopic (exact) mass is 479 g/mol. The van der Waals surface area contributed by atoms with Gasteiger partial charge in [-0.25, -0.2) is 9.59 Å². The third-order valence-corrected chi connectivity index (χ3v) is 6.98. The van der Waals surface area contributed by atoms with Gasteiger partial charge in [-0.1, -0.05) is 55.0 Å². The average Bonchev–Trinajstić information content (AvgIpc) is 3.42. The fourth-order valence-corrected chi connectivity index (χ4v) is 5.16. The number of ether oxygens (including phenoxy) is 1. The third-order valence-electron chi connectivity index (χ3n) is 6.98. The van der Waals surface area contributed by atoms with Gasteiger partial charge in [-0.05, 0) is 55.6 Å². The fraction of sp³-hybridized carbons (Fsp3) is 0.444. The van der Waals surface area contributed by atoms with Crippen LogP contribution in [-0.2, 0) is 14.3 Å². The van der Waals surface area contributed by atoms with Crippen molar-refractivity contribution in [2.75, 3.05) is 27.2 Å². The van der Waals surface area contributed by atoms with Gasteiger partial charge in [-0.15, -0.1) is 0 Å². The molecule has 0 heterocycles. The molecule has 2 aliphatic carbocycles. The minimum Gasteiger partial charge on any atom is -0.480 e. The van der Waals surface area contributed by atoms with Crippen LogP contribution in [0.4, 0.5) is 4.79 Å². The maximum atomic E-state index is 12.9. The Morgan fingerprint density at radius 2 is 1.66 bits per heavy atom. The Bertz CT molecular complexity index is 1040. The van der Waals surface area contributed by atoms with E-state index in [0.717, 1.165) is 28.7 Å². The lowest BCUT2D eigenvalue weighted by Gasteiger charge is -2.23. The zero-order valence-electron chi connectivity index (χ0n) is 20.2. The van der Waals surface area contributed by atoms with Crippen molar-refractivity contribution in [3.63, 3.8) is 0 Å². The topological polar surface area (TPSA) is 108 Å². The van der Waals surface area contributed by atoms with Crippen molar-refractivity contribution in [2.24, 2.45) is 5.92 Å². The third kappa shape index (κ3) is 5.65. The largest absolute Gasteiger partial charge is 0.480 e. The molecule has 186 valence electrons. The molecule has 0 spiro atoms. The summed E-state index contributed by atoms with van der Waals surface area (Å²) in [6, 6.07) is 14.9. The van der Waals surface area contributed by atoms with Crippen LogP contribution in [0.2, 0.25) is 0 Å². The van der Waals surface area contributed by atoms with E-state index in [0.29, 0.717) is 25.8 Å². The molecular formula is C27H33N3O5. The first-order valence-corrected chi connectivity index (χ1v) is 12.1. The summed E-state index contributed by atoms with van der Waals surface area (Å²) in [6.45, 7) is 0.748. The molecule has 8 nitrogen and oxygen atoms in total. The molecule has 0 saturated heterocycles. The molecule has 1 saturated carbocycles. The molecule has 35 heavy (non-hydrogen) atoms. The number of hydrogen-bond acceptors (Lipinski definition) is 5. The van der Waals surface area contributed by atoms with Gasteiger partial charge in [-0.3, -0.25) is 4.79 Å². The van der Waals surface area contributed by atoms with Crippen molar-refractivity contribution in [2.45, 2.75) is 43.7 Å². The molecule has 3 atom stereocenters. The van der Waals surface area contributed by atoms with Gasteiger partial charge in [0.25, 0.3) is 0 Å². The molecular weight excluding hydrogens is 446 g/mol. The number of alkyl carbamates (subject to hydrolysis) is 1. The highest BCUT2D eigenvalue weighted by molar-refractivity contribution is 5.86. The Hall–Kier alpha value is -3.39. The van der Waals surface area contributed by atoms with E-state index < -0.39 is 24.0 Å². The Morgan fingerprint density at radius 3 is 2.26 bits per heavy atom. The van der Waals surface area contributed by atoms with Crippen molar-refractivity contribution in [3.8, 4) is 11.1 Å². The summed E-state index contributed by atoms with van der Waals surface area (Å²) in [7, 11) is 3.71. The smallest absolute Gasteiger partial charge is 0.407 e. The lowest BCUT2D eigenvalue weighted by molar-refractivity contribution is -0.142. The van der Waals surface area contributed by atoms with Crippen LogP contribution in [0.1, 0.15) is 42.7 Å². The summed E-state index contributed by atoms with van der Waals surface area (Å²) in [6.07, 6.45) is 1.78. The Balaban J connectivity index is 1.34. The number of carboxylic acid groups (broad SMARTS) is 1. The van der Waals surface area contributed by atoms with Crippen LogP contribution in [0.25, 0.3) is 11.1 Å². The highest BCUT2D eigenvalue weighted by Crippen LogP contribution is 2.44. The van der Waals surface area contributed by atoms with Gasteiger partial charge in [0.2, 0.25) is 5.91 Å². The van der Waals surface area contributed by atoms with Crippen LogP contribution < -0.4 is 10.6 Å². The van der Waals surface area contributed by atoms with Gasteiger partial charge >= 0.3 is 12.1 Å². The first-order chi connectivity index (χ1) is 16.8. The van der Waals surface area contributed by atoms with Gasteiger partial charge in [0.1, 0.15) is 12.6 Å². The number of carbonyl (C=O) groups is 3. The number of benzene rings is 2. The second-order valence-corrected chi connectivity index (χ2v) is 9.61. The van der Waals surface area contributed by atoms with Crippen molar-refractivity contribution in [1.29, 1.82) is 0 Å². The van der Waals surface area contributed by atoms with Crippen LogP contribution in [-0.4, -0.2) is 67.3 Å². The van der Waals surface area contributed by atoms with Crippen LogP contribution >= 0.6 is 0 Å². The van der Waals surface area contributed by atoms with Gasteiger partial charge in [-0.2, -0.15) is 0 Å². The van der Waals surface area contributed by atoms with Crippen molar-refractivity contribution >= 4 is 18.0 Å². The normalized spacial score (nSPS) is 19.6. The zero-order valence-corrected chi connectivity index (χ0v) is 20.2. The lowest BCUT2D eigenvalue weighted by Crippen LogP contribution is -2.49. The number of fused-ring (bicyclic) bond motifs is 3. The molecule has 2 aromatic rings. The molecule has 2 aromatic carbocycles. The van der Waals surface area contributed by atoms with Crippen LogP contribution in [0.5, 0.6) is 0 Å². The lowest BCUT2D eigenvalue weighted by atomic mass is 9.98. The summed E-state index contributed by atoms with van der Waals surface area (Å²) < 4.78 is 5.63. The second kappa shape index (κ2) is 10.9. The summed E-state index contributed by atoms with van der Waals surface area (Å²) in [5.41, 5.74) is 4.59. The minimum atomic E-state index is -1.06. The molecule has 2 amide bonds. The predicted octanol–water partition coefficient (Wildman–Crippen LogP) is 3.21. The number of hydrogen-bond donors (Lipinski definition) is 3. The maximum absolute atomic E-state index is 12.9. The van der Waals surface area contributed by atoms with E-state index in [4.69, 9.17) is 4.74 Å². The van der Waals surface area contributed by atoms with E-state index in [1.165, 1.54) is 0 Å². The number of amides is 2. The minimum absolute atomic E-state index is 0.0381. The number of carbonyl (C=O) groups excluding carboxylic acids is 2. The highest BCUT2D eigenvalue weighted by Gasteiger charge is 2.36. The number of carboxylic acids is 1. The number of nitrogens with zero attached hydrogens (tertiary/aromatic N) is 1. The summed E-state index contributed by atoms with van der Waals surface area (Å²) in [5.74, 6) is -1.91. The van der Waals surface area contributed by atoms with Crippen LogP contribution in [0.15, 0.2) is 48.5 Å². The zero-order chi connectivity index (χ0) is 24.9. The highest BCUT2D eigenvalue weighted by atomic mass is 16.5. The first kappa shape index (κ1) is 24.7. The van der Waals surface area contributed by atoms with Gasteiger partial charge < -0.3 is 25.4 Å². The van der Waals surface area contributed by atoms with E-state index in [1.807, 2.05) is 43.3 Å². The Morgan fingerprint density at radius 1 is 1.03 bits per heavy atom. The molecule has 0 aliphatic heterocycles. The Kier molecular flexibility index (Phi) is 7.70. The maximum Gasteiger partial charge on any atom is 0.407 e. The van der Waals surface area contributed by atoms with Crippen molar-refractivity contribution in [1.82, 2.24) is 15.5 Å². The quantitative estimate of drug-likeness (QED) is 0.510. The van der Waals surface area contributed by atoms with Crippen LogP contribution in [0, 0.1) is 5.92 Å². The van der Waals surface area contributed by atoms with E-state index in [2.05, 4.69) is 34.9 Å². The van der Waals surface area contributed by atoms with E-state index in [-0.39, 0.29) is 24.5 Å². The number of rotatable bonds is 9. The van der Waals surface area contributed by atoms with E-state index in [9.17, 15) is 19.5 Å². The van der Waals surface area contributed by atoms with E-state index in [1.54, 1.807) is 0 Å². The summed E-state index contributed by atoms with van der Waals surface area (Å²) >= 11 is 0. The second-order valence-electron chi connectivity index (χ2n) is 9.61. The first-order valence-electron chi connectivity index (χ1n) is 12.1. The fourth-order valence-electron chi connectivity index (χ4n) is 5.16. The molecule has 8 heteroatoms. The average molecular weight is 480 g/mol. The Labute approximate surface area is 205 Å². The molecule has 0 bridgehead atoms. The molecule has 3 N–H and O–H groups in total. The van der Waals surface area contributed by atoms with Gasteiger partial charge in [0.15, 0.2) is 0 Å². The molecule has 2 aliphatic rings. The summed E-state index contributed by atoms with van der Waals surface area (Å²) in [5, 5.41) is 15.0. The van der Waals surface area contributed by atoms with Crippen LogP contribution in [0.3, 0.4) is 0 Å². The number of aliphatic carboxylic acids is 1. The van der Waals surface area contributed by atoms with Crippen molar-refractivity contribution < 1.29 is 24.2 Å². The van der Waals surface area contributed by atoms with Crippen molar-refractivity contribution in [3.05, 3.63) is 59.7 Å². The molecule has 0 aromatic heterocycles. The van der Waals surface area contributed by atoms with Gasteiger partial charge in [0.05, 0.1) is 5.92 Å². The number of nitrogens with one attached hydrogen (secondary N) is 2. The SMILES string of the molecule is CN(C)CCC(NC(=O)C1CCCC1NC(=O)OCC1c2ccccc2-c2ccccc21)C(=O)O. The summed E-state index contributed by atoms with van der Waals surface area (Å²) in [4.78, 5) is 39.0. The molecule has 3 unspecified atom stereocenters. The molecule has 0 radical (unpaired) electrons. The molecule has 1 fully saturated rings. The molecule has 4 rings (SSSR count). The predicted molar refractivity (Wildman–Crippen MR) is 132 cm³/mol. The van der Waals surface area contributed by atoms with E-state index >= 15 is 0 Å². The van der Waals surface area contributed by atoms with Gasteiger partial charge in [0, 0.05) is 18.5 Å². The standard InChI is InChI=1S/C27H33N3O5/c1-30(2)15-14-24(26(32)33)28-25(31)21-12-7-13-23(21)29-27(34)35-16-22-19-10-5-3-8-17(19)18-9-4-6-11-20(18)22/h3-6,8-11,21-24H,7,12-16H2,1-2H3,(H,28,31)(H,29,34)(H,32,33).